The van der Waals surface area contributed by atoms with E-state index in [2.05, 4.69) is 33.4 Å². The summed E-state index contributed by atoms with van der Waals surface area (Å²) in [4.78, 5) is 12.9. The number of hydrogen-bond donors (Lipinski definition) is 2. The fourth-order valence-electron chi connectivity index (χ4n) is 3.88. The SMILES string of the molecule is CCO[C@@H]1OC(C(=O)NCCc2ccccc2)=C[C@H](c2ccc(Br)cc2)[C@@H]1CCCO. The molecule has 2 aromatic rings. The van der Waals surface area contributed by atoms with Crippen molar-refractivity contribution in [3.63, 3.8) is 0 Å². The number of aliphatic hydroxyl groups is 1. The Morgan fingerprint density at radius 3 is 2.58 bits per heavy atom. The van der Waals surface area contributed by atoms with Crippen LogP contribution in [0.3, 0.4) is 0 Å². The van der Waals surface area contributed by atoms with Gasteiger partial charge in [-0.05, 0) is 55.5 Å². The Morgan fingerprint density at radius 1 is 1.16 bits per heavy atom. The minimum absolute atomic E-state index is 0.00847. The molecule has 6 heteroatoms. The third-order valence-corrected chi connectivity index (χ3v) is 5.96. The van der Waals surface area contributed by atoms with Crippen LogP contribution >= 0.6 is 15.9 Å². The zero-order valence-corrected chi connectivity index (χ0v) is 19.4. The van der Waals surface area contributed by atoms with Gasteiger partial charge in [0.1, 0.15) is 0 Å². The maximum atomic E-state index is 12.9. The average molecular weight is 488 g/mol. The smallest absolute Gasteiger partial charge is 0.286 e. The van der Waals surface area contributed by atoms with Crippen molar-refractivity contribution < 1.29 is 19.4 Å². The molecule has 3 rings (SSSR count). The summed E-state index contributed by atoms with van der Waals surface area (Å²) in [5, 5.41) is 12.3. The molecular weight excluding hydrogens is 458 g/mol. The molecule has 0 saturated heterocycles. The number of halogens is 1. The number of hydrogen-bond acceptors (Lipinski definition) is 4. The van der Waals surface area contributed by atoms with Gasteiger partial charge in [0.2, 0.25) is 6.29 Å². The Bertz CT molecular complexity index is 854. The second kappa shape index (κ2) is 12.0. The Labute approximate surface area is 192 Å². The second-order valence-electron chi connectivity index (χ2n) is 7.57. The number of nitrogens with one attached hydrogen (secondary N) is 1. The van der Waals surface area contributed by atoms with Gasteiger partial charge in [0.05, 0.1) is 0 Å². The highest BCUT2D eigenvalue weighted by atomic mass is 79.9. The van der Waals surface area contributed by atoms with Gasteiger partial charge in [-0.1, -0.05) is 58.4 Å². The van der Waals surface area contributed by atoms with E-state index in [0.717, 1.165) is 22.9 Å². The van der Waals surface area contributed by atoms with E-state index in [9.17, 15) is 9.90 Å². The van der Waals surface area contributed by atoms with Crippen LogP contribution < -0.4 is 5.32 Å². The first-order chi connectivity index (χ1) is 15.1. The minimum Gasteiger partial charge on any atom is -0.459 e. The highest BCUT2D eigenvalue weighted by molar-refractivity contribution is 9.10. The van der Waals surface area contributed by atoms with Crippen molar-refractivity contribution in [2.45, 2.75) is 38.4 Å². The molecule has 0 aromatic heterocycles. The van der Waals surface area contributed by atoms with Crippen molar-refractivity contribution in [3.8, 4) is 0 Å². The van der Waals surface area contributed by atoms with Crippen LogP contribution in [0, 0.1) is 5.92 Å². The van der Waals surface area contributed by atoms with Gasteiger partial charge in [0.15, 0.2) is 5.76 Å². The van der Waals surface area contributed by atoms with Gasteiger partial charge in [-0.3, -0.25) is 4.79 Å². The first-order valence-corrected chi connectivity index (χ1v) is 11.6. The molecule has 0 spiro atoms. The fourth-order valence-corrected chi connectivity index (χ4v) is 4.15. The lowest BCUT2D eigenvalue weighted by Gasteiger charge is -2.37. The predicted octanol–water partition coefficient (Wildman–Crippen LogP) is 4.56. The largest absolute Gasteiger partial charge is 0.459 e. The van der Waals surface area contributed by atoms with Crippen molar-refractivity contribution in [1.29, 1.82) is 0 Å². The van der Waals surface area contributed by atoms with Gasteiger partial charge < -0.3 is 19.9 Å². The van der Waals surface area contributed by atoms with Gasteiger partial charge in [0, 0.05) is 36.1 Å². The molecule has 3 atom stereocenters. The molecule has 31 heavy (non-hydrogen) atoms. The molecule has 0 radical (unpaired) electrons. The number of carbonyl (C=O) groups excluding carboxylic acids is 1. The van der Waals surface area contributed by atoms with Gasteiger partial charge >= 0.3 is 0 Å². The lowest BCUT2D eigenvalue weighted by atomic mass is 9.80. The minimum atomic E-state index is -0.537. The van der Waals surface area contributed by atoms with E-state index in [1.165, 1.54) is 5.56 Å². The molecule has 0 aliphatic carbocycles. The van der Waals surface area contributed by atoms with Crippen LogP contribution in [0.15, 0.2) is 70.9 Å². The predicted molar refractivity (Wildman–Crippen MR) is 124 cm³/mol. The van der Waals surface area contributed by atoms with E-state index in [1.54, 1.807) is 0 Å². The maximum absolute atomic E-state index is 12.9. The normalized spacial score (nSPS) is 20.6. The number of amides is 1. The highest BCUT2D eigenvalue weighted by Crippen LogP contribution is 2.39. The van der Waals surface area contributed by atoms with E-state index in [0.29, 0.717) is 25.3 Å². The Morgan fingerprint density at radius 2 is 1.90 bits per heavy atom. The van der Waals surface area contributed by atoms with Crippen LogP contribution in [-0.2, 0) is 20.7 Å². The molecule has 2 N–H and O–H groups in total. The first kappa shape index (κ1) is 23.5. The van der Waals surface area contributed by atoms with E-state index in [4.69, 9.17) is 9.47 Å². The standard InChI is InChI=1S/C25H30BrNO4/c1-2-30-25-21(9-6-16-28)22(19-10-12-20(26)13-11-19)17-23(31-25)24(29)27-15-14-18-7-4-3-5-8-18/h3-5,7-8,10-13,17,21-22,25,28H,2,6,9,14-16H2,1H3,(H,27,29)/t21-,22+,25+/m0/s1. The number of ether oxygens (including phenoxy) is 2. The van der Waals surface area contributed by atoms with Crippen molar-refractivity contribution in [2.24, 2.45) is 5.92 Å². The fraction of sp³-hybridized carbons (Fsp3) is 0.400. The van der Waals surface area contributed by atoms with Gasteiger partial charge in [-0.15, -0.1) is 0 Å². The summed E-state index contributed by atoms with van der Waals surface area (Å²) in [7, 11) is 0. The molecule has 166 valence electrons. The van der Waals surface area contributed by atoms with E-state index < -0.39 is 6.29 Å². The van der Waals surface area contributed by atoms with Crippen LogP contribution in [0.4, 0.5) is 0 Å². The molecule has 2 aromatic carbocycles. The number of aliphatic hydroxyl groups excluding tert-OH is 1. The van der Waals surface area contributed by atoms with Crippen LogP contribution in [0.2, 0.25) is 0 Å². The first-order valence-electron chi connectivity index (χ1n) is 10.8. The lowest BCUT2D eigenvalue weighted by molar-refractivity contribution is -0.166. The third-order valence-electron chi connectivity index (χ3n) is 5.43. The van der Waals surface area contributed by atoms with Crippen LogP contribution in [0.25, 0.3) is 0 Å². The van der Waals surface area contributed by atoms with Gasteiger partial charge in [-0.2, -0.15) is 0 Å². The number of allylic oxidation sites excluding steroid dienone is 1. The highest BCUT2D eigenvalue weighted by Gasteiger charge is 2.37. The molecule has 0 bridgehead atoms. The third kappa shape index (κ3) is 6.66. The molecule has 1 heterocycles. The monoisotopic (exact) mass is 487 g/mol. The van der Waals surface area contributed by atoms with E-state index in [1.807, 2.05) is 55.5 Å². The number of benzene rings is 2. The van der Waals surface area contributed by atoms with Crippen LogP contribution in [-0.4, -0.2) is 37.1 Å². The van der Waals surface area contributed by atoms with Crippen molar-refractivity contribution in [1.82, 2.24) is 5.32 Å². The van der Waals surface area contributed by atoms with Crippen LogP contribution in [0.5, 0.6) is 0 Å². The van der Waals surface area contributed by atoms with Crippen molar-refractivity contribution in [3.05, 3.63) is 82.0 Å². The Kier molecular flexibility index (Phi) is 9.13. The molecule has 5 nitrogen and oxygen atoms in total. The Balaban J connectivity index is 1.78. The summed E-state index contributed by atoms with van der Waals surface area (Å²) in [5.41, 5.74) is 2.26. The summed E-state index contributed by atoms with van der Waals surface area (Å²) in [6.45, 7) is 3.04. The maximum Gasteiger partial charge on any atom is 0.286 e. The van der Waals surface area contributed by atoms with E-state index in [-0.39, 0.29) is 24.3 Å². The van der Waals surface area contributed by atoms with Crippen LogP contribution in [0.1, 0.15) is 36.8 Å². The van der Waals surface area contributed by atoms with E-state index >= 15 is 0 Å². The Hall–Kier alpha value is -2.15. The zero-order valence-electron chi connectivity index (χ0n) is 17.8. The molecule has 0 unspecified atom stereocenters. The summed E-state index contributed by atoms with van der Waals surface area (Å²) in [6, 6.07) is 18.1. The zero-order chi connectivity index (χ0) is 22.1. The molecule has 0 saturated carbocycles. The number of rotatable bonds is 10. The van der Waals surface area contributed by atoms with Crippen molar-refractivity contribution in [2.75, 3.05) is 19.8 Å². The summed E-state index contributed by atoms with van der Waals surface area (Å²) >= 11 is 3.48. The lowest BCUT2D eigenvalue weighted by Crippen LogP contribution is -2.39. The molecular formula is C25H30BrNO4. The topological polar surface area (TPSA) is 67.8 Å². The molecule has 1 aliphatic heterocycles. The summed E-state index contributed by atoms with van der Waals surface area (Å²) in [5.74, 6) is 0.0250. The average Bonchev–Trinajstić information content (AvgIpc) is 2.79. The summed E-state index contributed by atoms with van der Waals surface area (Å²) < 4.78 is 12.9. The number of carbonyl (C=O) groups is 1. The second-order valence-corrected chi connectivity index (χ2v) is 8.49. The summed E-state index contributed by atoms with van der Waals surface area (Å²) in [6.07, 6.45) is 3.51. The molecule has 1 aliphatic rings. The van der Waals surface area contributed by atoms with Gasteiger partial charge in [-0.25, -0.2) is 0 Å². The molecule has 0 fully saturated rings. The van der Waals surface area contributed by atoms with Gasteiger partial charge in [0.25, 0.3) is 5.91 Å². The quantitative estimate of drug-likeness (QED) is 0.515. The van der Waals surface area contributed by atoms with Crippen molar-refractivity contribution >= 4 is 21.8 Å². The molecule has 1 amide bonds.